The van der Waals surface area contributed by atoms with E-state index in [1.807, 2.05) is 42.2 Å². The van der Waals surface area contributed by atoms with Crippen molar-refractivity contribution >= 4 is 11.6 Å². The lowest BCUT2D eigenvalue weighted by Gasteiger charge is -2.42. The van der Waals surface area contributed by atoms with E-state index in [1.165, 1.54) is 0 Å². The molecule has 1 saturated heterocycles. The second-order valence-corrected chi connectivity index (χ2v) is 9.41. The number of piperidine rings is 1. The third-order valence-corrected chi connectivity index (χ3v) is 6.37. The number of likely N-dealkylation sites (tertiary alicyclic amines) is 1. The van der Waals surface area contributed by atoms with Crippen LogP contribution in [0.25, 0.3) is 0 Å². The molecule has 35 heavy (non-hydrogen) atoms. The lowest BCUT2D eigenvalue weighted by Crippen LogP contribution is -2.59. The predicted octanol–water partition coefficient (Wildman–Crippen LogP) is 3.31. The van der Waals surface area contributed by atoms with Gasteiger partial charge in [0, 0.05) is 30.9 Å². The Labute approximate surface area is 210 Å². The van der Waals surface area contributed by atoms with Gasteiger partial charge in [-0.05, 0) is 60.9 Å². The third-order valence-electron chi connectivity index (χ3n) is 6.11. The van der Waals surface area contributed by atoms with Crippen LogP contribution < -0.4 is 14.2 Å². The minimum Gasteiger partial charge on any atom is -0.493 e. The molecule has 2 heterocycles. The van der Waals surface area contributed by atoms with Gasteiger partial charge in [0.05, 0.1) is 26.0 Å². The Kier molecular flexibility index (Phi) is 8.18. The number of halogens is 1. The molecular weight excluding hydrogens is 470 g/mol. The molecule has 4 rings (SSSR count). The van der Waals surface area contributed by atoms with Crippen molar-refractivity contribution in [1.29, 1.82) is 0 Å². The summed E-state index contributed by atoms with van der Waals surface area (Å²) in [6, 6.07) is 12.8. The minimum absolute atomic E-state index is 0.0157. The highest BCUT2D eigenvalue weighted by Crippen LogP contribution is 2.30. The number of aliphatic hydroxyl groups is 2. The third kappa shape index (κ3) is 6.67. The zero-order chi connectivity index (χ0) is 24.8. The van der Waals surface area contributed by atoms with E-state index in [0.717, 1.165) is 11.1 Å². The van der Waals surface area contributed by atoms with Crippen LogP contribution in [0.3, 0.4) is 0 Å². The van der Waals surface area contributed by atoms with Crippen molar-refractivity contribution in [2.24, 2.45) is 0 Å². The van der Waals surface area contributed by atoms with Crippen LogP contribution in [0.15, 0.2) is 54.9 Å². The molecule has 0 aliphatic carbocycles. The topological polar surface area (TPSA) is 89.2 Å². The van der Waals surface area contributed by atoms with E-state index >= 15 is 0 Å². The zero-order valence-corrected chi connectivity index (χ0v) is 20.8. The van der Waals surface area contributed by atoms with Crippen LogP contribution in [0.1, 0.15) is 17.5 Å². The summed E-state index contributed by atoms with van der Waals surface area (Å²) in [7, 11) is 1.62. The quantitative estimate of drug-likeness (QED) is 0.440. The molecule has 1 aliphatic rings. The van der Waals surface area contributed by atoms with E-state index in [2.05, 4.69) is 10.00 Å². The first-order valence-corrected chi connectivity index (χ1v) is 12.0. The lowest BCUT2D eigenvalue weighted by atomic mass is 9.90. The largest absolute Gasteiger partial charge is 0.493 e. The van der Waals surface area contributed by atoms with Gasteiger partial charge in [0.2, 0.25) is 0 Å². The molecule has 0 bridgehead atoms. The molecule has 3 aromatic rings. The maximum absolute atomic E-state index is 11.1. The maximum Gasteiger partial charge on any atom is 0.161 e. The Balaban J connectivity index is 1.34. The number of hydrogen-bond donors (Lipinski definition) is 2. The number of hydrogen-bond acceptors (Lipinski definition) is 7. The monoisotopic (exact) mass is 501 g/mol. The predicted molar refractivity (Wildman–Crippen MR) is 133 cm³/mol. The molecule has 8 nitrogen and oxygen atoms in total. The van der Waals surface area contributed by atoms with Crippen LogP contribution in [-0.2, 0) is 13.1 Å². The van der Waals surface area contributed by atoms with E-state index in [9.17, 15) is 10.2 Å². The fourth-order valence-corrected chi connectivity index (χ4v) is 4.31. The molecule has 0 radical (unpaired) electrons. The van der Waals surface area contributed by atoms with E-state index in [4.69, 9.17) is 25.8 Å². The Morgan fingerprint density at radius 2 is 1.94 bits per heavy atom. The summed E-state index contributed by atoms with van der Waals surface area (Å²) < 4.78 is 19.1. The molecule has 0 spiro atoms. The first-order chi connectivity index (χ1) is 16.8. The lowest BCUT2D eigenvalue weighted by molar-refractivity contribution is -0.140. The zero-order valence-electron chi connectivity index (χ0n) is 20.1. The number of aromatic nitrogens is 2. The Morgan fingerprint density at radius 3 is 2.66 bits per heavy atom. The molecule has 2 N–H and O–H groups in total. The van der Waals surface area contributed by atoms with Crippen molar-refractivity contribution < 1.29 is 24.4 Å². The molecule has 0 amide bonds. The van der Waals surface area contributed by atoms with Gasteiger partial charge in [-0.3, -0.25) is 9.58 Å². The van der Waals surface area contributed by atoms with Crippen molar-refractivity contribution in [2.45, 2.75) is 38.1 Å². The highest BCUT2D eigenvalue weighted by molar-refractivity contribution is 6.30. The van der Waals surface area contributed by atoms with Crippen molar-refractivity contribution in [3.8, 4) is 17.2 Å². The van der Waals surface area contributed by atoms with Gasteiger partial charge in [-0.25, -0.2) is 0 Å². The number of β-amino-alcohol motifs (C(OH)–C–C–N with tert-alkyl or cyclic N) is 1. The van der Waals surface area contributed by atoms with Crippen LogP contribution in [-0.4, -0.2) is 70.0 Å². The number of nitrogens with zero attached hydrogens (tertiary/aromatic N) is 3. The van der Waals surface area contributed by atoms with E-state index < -0.39 is 11.7 Å². The fourth-order valence-electron chi connectivity index (χ4n) is 4.19. The van der Waals surface area contributed by atoms with Crippen molar-refractivity contribution in [3.05, 3.63) is 71.0 Å². The number of aryl methyl sites for hydroxylation is 1. The first kappa shape index (κ1) is 25.3. The summed E-state index contributed by atoms with van der Waals surface area (Å²) in [5.74, 6) is 1.91. The summed E-state index contributed by atoms with van der Waals surface area (Å²) in [5, 5.41) is 26.5. The van der Waals surface area contributed by atoms with Gasteiger partial charge in [-0.1, -0.05) is 17.7 Å². The normalized spacial score (nSPS) is 20.5. The number of benzene rings is 2. The highest BCUT2D eigenvalue weighted by Gasteiger charge is 2.42. The molecular formula is C26H32ClN3O5. The van der Waals surface area contributed by atoms with E-state index in [-0.39, 0.29) is 13.2 Å². The second-order valence-electron chi connectivity index (χ2n) is 8.98. The van der Waals surface area contributed by atoms with E-state index in [1.54, 1.807) is 31.4 Å². The van der Waals surface area contributed by atoms with Crippen molar-refractivity contribution in [2.75, 3.05) is 33.4 Å². The Bertz CT molecular complexity index is 1110. The van der Waals surface area contributed by atoms with Crippen LogP contribution in [0, 0.1) is 6.92 Å². The summed E-state index contributed by atoms with van der Waals surface area (Å²) in [4.78, 5) is 2.10. The van der Waals surface area contributed by atoms with Crippen LogP contribution in [0.5, 0.6) is 17.2 Å². The fraction of sp³-hybridized carbons (Fsp3) is 0.423. The minimum atomic E-state index is -1.38. The standard InChI is InChI=1S/C26H32ClN3O5/c1-19-14-28-30(15-19)11-12-34-23-8-3-20(13-24(23)33-2)16-29-10-9-25(31)26(32,17-29)18-35-22-6-4-21(27)5-7-22/h3-8,13-15,25,31-32H,9-12,16-18H2,1-2H3/t25-,26-/m0/s1. The average Bonchev–Trinajstić information content (AvgIpc) is 3.27. The van der Waals surface area contributed by atoms with Gasteiger partial charge in [0.25, 0.3) is 0 Å². The maximum atomic E-state index is 11.1. The van der Waals surface area contributed by atoms with Crippen LogP contribution in [0.2, 0.25) is 5.02 Å². The van der Waals surface area contributed by atoms with Crippen molar-refractivity contribution in [3.63, 3.8) is 0 Å². The Morgan fingerprint density at radius 1 is 1.14 bits per heavy atom. The molecule has 188 valence electrons. The average molecular weight is 502 g/mol. The summed E-state index contributed by atoms with van der Waals surface area (Å²) in [6.45, 7) is 4.65. The molecule has 1 aliphatic heterocycles. The summed E-state index contributed by atoms with van der Waals surface area (Å²) in [6.07, 6.45) is 3.38. The smallest absolute Gasteiger partial charge is 0.161 e. The van der Waals surface area contributed by atoms with Crippen molar-refractivity contribution in [1.82, 2.24) is 14.7 Å². The number of ether oxygens (including phenoxy) is 3. The molecule has 9 heteroatoms. The summed E-state index contributed by atoms with van der Waals surface area (Å²) >= 11 is 5.92. The van der Waals surface area contributed by atoms with Crippen LogP contribution >= 0.6 is 11.6 Å². The van der Waals surface area contributed by atoms with E-state index in [0.29, 0.717) is 54.9 Å². The van der Waals surface area contributed by atoms with Gasteiger partial charge in [0.1, 0.15) is 24.6 Å². The van der Waals surface area contributed by atoms with Gasteiger partial charge in [0.15, 0.2) is 11.5 Å². The van der Waals surface area contributed by atoms with Gasteiger partial charge in [-0.2, -0.15) is 5.10 Å². The first-order valence-electron chi connectivity index (χ1n) is 11.6. The number of methoxy groups -OCH3 is 1. The molecule has 2 aromatic carbocycles. The number of rotatable bonds is 10. The van der Waals surface area contributed by atoms with Gasteiger partial charge >= 0.3 is 0 Å². The second kappa shape index (κ2) is 11.3. The van der Waals surface area contributed by atoms with Gasteiger partial charge < -0.3 is 24.4 Å². The number of aliphatic hydroxyl groups excluding tert-OH is 1. The van der Waals surface area contributed by atoms with Crippen LogP contribution in [0.4, 0.5) is 0 Å². The molecule has 0 unspecified atom stereocenters. The Hall–Kier alpha value is -2.78. The molecule has 0 saturated carbocycles. The molecule has 1 aromatic heterocycles. The summed E-state index contributed by atoms with van der Waals surface area (Å²) in [5.41, 5.74) is 0.755. The SMILES string of the molecule is COc1cc(CN2CC[C@H](O)[C@@](O)(COc3ccc(Cl)cc3)C2)ccc1OCCn1cc(C)cn1. The molecule has 2 atom stereocenters. The highest BCUT2D eigenvalue weighted by atomic mass is 35.5. The molecule has 1 fully saturated rings. The van der Waals surface area contributed by atoms with Gasteiger partial charge in [-0.15, -0.1) is 0 Å².